The van der Waals surface area contributed by atoms with Gasteiger partial charge in [-0.05, 0) is 12.8 Å². The average Bonchev–Trinajstić information content (AvgIpc) is 2.65. The van der Waals surface area contributed by atoms with Gasteiger partial charge in [0, 0.05) is 12.5 Å². The molecule has 0 aromatic carbocycles. The molecule has 0 bridgehead atoms. The number of nitrogens with zero attached hydrogens (tertiary/aromatic N) is 1. The first kappa shape index (κ1) is 19.7. The summed E-state index contributed by atoms with van der Waals surface area (Å²) >= 11 is 0. The summed E-state index contributed by atoms with van der Waals surface area (Å²) in [5.74, 6) is -9.23. The van der Waals surface area contributed by atoms with Gasteiger partial charge in [-0.25, -0.2) is 13.6 Å². The topological polar surface area (TPSA) is 58.6 Å². The van der Waals surface area contributed by atoms with Gasteiger partial charge in [0.25, 0.3) is 5.92 Å². The Morgan fingerprint density at radius 3 is 2.12 bits per heavy atom. The Morgan fingerprint density at radius 1 is 1.08 bits per heavy atom. The third kappa shape index (κ3) is 4.70. The highest BCUT2D eigenvalue weighted by Crippen LogP contribution is 2.41. The lowest BCUT2D eigenvalue weighted by Crippen LogP contribution is -2.53. The highest BCUT2D eigenvalue weighted by molar-refractivity contribution is 5.83. The fourth-order valence-electron chi connectivity index (χ4n) is 2.57. The molecule has 0 aromatic heterocycles. The number of hydrogen-bond acceptors (Lipinski definition) is 4. The number of hydroxylamine groups is 2. The van der Waals surface area contributed by atoms with Crippen molar-refractivity contribution in [3.8, 4) is 0 Å². The molecule has 25 heavy (non-hydrogen) atoms. The summed E-state index contributed by atoms with van der Waals surface area (Å²) in [4.78, 5) is 26.4. The maximum Gasteiger partial charge on any atom is 0.492 e. The minimum atomic E-state index is -5.45. The van der Waals surface area contributed by atoms with Gasteiger partial charge in [0.1, 0.15) is 6.04 Å². The van der Waals surface area contributed by atoms with Crippen molar-refractivity contribution in [2.24, 2.45) is 5.92 Å². The van der Waals surface area contributed by atoms with Gasteiger partial charge in [-0.2, -0.15) is 26.3 Å². The summed E-state index contributed by atoms with van der Waals surface area (Å²) in [5.41, 5.74) is 0. The fraction of sp³-hybridized carbons (Fsp3) is 0.833. The number of alkyl halides is 8. The van der Waals surface area contributed by atoms with Crippen molar-refractivity contribution in [3.63, 3.8) is 0 Å². The second kappa shape index (κ2) is 6.25. The first-order valence-electron chi connectivity index (χ1n) is 7.00. The van der Waals surface area contributed by atoms with Crippen LogP contribution in [-0.2, 0) is 14.4 Å². The van der Waals surface area contributed by atoms with E-state index in [-0.39, 0.29) is 5.06 Å². The maximum absolute atomic E-state index is 13.4. The zero-order chi connectivity index (χ0) is 19.2. The van der Waals surface area contributed by atoms with Gasteiger partial charge in [-0.15, -0.1) is 5.06 Å². The van der Waals surface area contributed by atoms with Gasteiger partial charge < -0.3 is 10.2 Å². The zero-order valence-electron chi connectivity index (χ0n) is 12.3. The normalized spacial score (nSPS) is 29.8. The Labute approximate surface area is 135 Å². The lowest BCUT2D eigenvalue weighted by Gasteiger charge is -2.37. The number of amides is 1. The van der Waals surface area contributed by atoms with Crippen LogP contribution in [0.5, 0.6) is 0 Å². The van der Waals surface area contributed by atoms with Gasteiger partial charge in [0.2, 0.25) is 5.91 Å². The van der Waals surface area contributed by atoms with Gasteiger partial charge in [0.05, 0.1) is 12.5 Å². The highest BCUT2D eigenvalue weighted by Gasteiger charge is 2.54. The van der Waals surface area contributed by atoms with E-state index in [1.807, 2.05) is 0 Å². The molecule has 0 spiro atoms. The molecular weight excluding hydrogens is 372 g/mol. The number of nitrogens with one attached hydrogen (secondary N) is 1. The van der Waals surface area contributed by atoms with E-state index in [4.69, 9.17) is 0 Å². The highest BCUT2D eigenvalue weighted by atomic mass is 19.4. The molecule has 1 amide bonds. The molecule has 2 aliphatic rings. The fourth-order valence-corrected chi connectivity index (χ4v) is 2.57. The number of hydrogen-bond donors (Lipinski definition) is 1. The third-order valence-electron chi connectivity index (χ3n) is 3.91. The summed E-state index contributed by atoms with van der Waals surface area (Å²) < 4.78 is 100. The van der Waals surface area contributed by atoms with E-state index in [1.165, 1.54) is 0 Å². The lowest BCUT2D eigenvalue weighted by molar-refractivity contribution is -0.243. The van der Waals surface area contributed by atoms with E-state index < -0.39 is 74.0 Å². The number of halogens is 8. The van der Waals surface area contributed by atoms with Gasteiger partial charge >= 0.3 is 18.3 Å². The smallest absolute Gasteiger partial charge is 0.360 e. The lowest BCUT2D eigenvalue weighted by atomic mass is 9.79. The van der Waals surface area contributed by atoms with E-state index in [1.54, 1.807) is 0 Å². The van der Waals surface area contributed by atoms with E-state index in [0.717, 1.165) is 0 Å². The van der Waals surface area contributed by atoms with Gasteiger partial charge in [-0.1, -0.05) is 0 Å². The number of carbonyl (C=O) groups excluding carboxylic acids is 2. The minimum absolute atomic E-state index is 0.0922. The van der Waals surface area contributed by atoms with Gasteiger partial charge in [-0.3, -0.25) is 4.79 Å². The van der Waals surface area contributed by atoms with Gasteiger partial charge in [0.15, 0.2) is 0 Å². The molecule has 0 unspecified atom stereocenters. The van der Waals surface area contributed by atoms with Crippen molar-refractivity contribution in [2.75, 3.05) is 6.54 Å². The van der Waals surface area contributed by atoms with Crippen molar-refractivity contribution in [1.82, 2.24) is 10.4 Å². The molecule has 2 rings (SSSR count). The largest absolute Gasteiger partial charge is 0.492 e. The molecule has 5 nitrogen and oxygen atoms in total. The molecule has 1 saturated carbocycles. The summed E-state index contributed by atoms with van der Waals surface area (Å²) in [7, 11) is 0. The summed E-state index contributed by atoms with van der Waals surface area (Å²) in [6, 6.07) is -2.86. The van der Waals surface area contributed by atoms with Crippen molar-refractivity contribution < 1.29 is 49.5 Å². The predicted octanol–water partition coefficient (Wildman–Crippen LogP) is 2.17. The van der Waals surface area contributed by atoms with Crippen molar-refractivity contribution in [2.45, 2.75) is 49.6 Å². The Morgan fingerprint density at radius 2 is 1.64 bits per heavy atom. The molecule has 2 fully saturated rings. The molecular formula is C12H12F8N2O3. The second-order valence-corrected chi connectivity index (χ2v) is 5.94. The van der Waals surface area contributed by atoms with Crippen LogP contribution in [0.4, 0.5) is 35.1 Å². The Balaban J connectivity index is 1.96. The van der Waals surface area contributed by atoms with Crippen LogP contribution >= 0.6 is 0 Å². The van der Waals surface area contributed by atoms with Crippen LogP contribution in [0, 0.1) is 5.92 Å². The zero-order valence-corrected chi connectivity index (χ0v) is 12.3. The molecule has 1 aliphatic heterocycles. The van der Waals surface area contributed by atoms with Crippen molar-refractivity contribution in [1.29, 1.82) is 0 Å². The molecule has 0 aromatic rings. The SMILES string of the molecule is O=C(NC1CC(C(F)(F)F)C1)[C@H]1CC(F)(F)CN1OC(=O)C(F)(F)F. The molecule has 144 valence electrons. The van der Waals surface area contributed by atoms with E-state index in [2.05, 4.69) is 10.2 Å². The Hall–Kier alpha value is -1.66. The van der Waals surface area contributed by atoms with Crippen LogP contribution in [0.1, 0.15) is 19.3 Å². The first-order chi connectivity index (χ1) is 11.2. The molecule has 1 heterocycles. The summed E-state index contributed by atoms with van der Waals surface area (Å²) in [6.07, 6.45) is -12.0. The summed E-state index contributed by atoms with van der Waals surface area (Å²) in [6.45, 7) is -1.43. The number of carbonyl (C=O) groups is 2. The Kier molecular flexibility index (Phi) is 4.92. The first-order valence-corrected chi connectivity index (χ1v) is 7.00. The van der Waals surface area contributed by atoms with Crippen LogP contribution in [-0.4, -0.2) is 53.8 Å². The second-order valence-electron chi connectivity index (χ2n) is 5.94. The van der Waals surface area contributed by atoms with Crippen molar-refractivity contribution >= 4 is 11.9 Å². The molecule has 0 radical (unpaired) electrons. The van der Waals surface area contributed by atoms with E-state index in [9.17, 15) is 44.7 Å². The van der Waals surface area contributed by atoms with Crippen LogP contribution in [0.2, 0.25) is 0 Å². The Bertz CT molecular complexity index is 541. The molecule has 1 N–H and O–H groups in total. The van der Waals surface area contributed by atoms with Crippen LogP contribution in [0.3, 0.4) is 0 Å². The van der Waals surface area contributed by atoms with Crippen LogP contribution in [0.15, 0.2) is 0 Å². The number of rotatable bonds is 3. The molecule has 13 heteroatoms. The van der Waals surface area contributed by atoms with Crippen LogP contribution < -0.4 is 5.32 Å². The molecule has 1 atom stereocenters. The quantitative estimate of drug-likeness (QED) is 0.758. The average molecular weight is 384 g/mol. The van der Waals surface area contributed by atoms with E-state index >= 15 is 0 Å². The molecule has 1 aliphatic carbocycles. The molecule has 1 saturated heterocycles. The monoisotopic (exact) mass is 384 g/mol. The van der Waals surface area contributed by atoms with Crippen molar-refractivity contribution in [3.05, 3.63) is 0 Å². The van der Waals surface area contributed by atoms with Crippen LogP contribution in [0.25, 0.3) is 0 Å². The standard InChI is InChI=1S/C12H12F8N2O3/c13-10(14)3-7(22(4-10)25-9(24)12(18,19)20)8(23)21-6-1-5(2-6)11(15,16)17/h5-7H,1-4H2,(H,21,23)/t5?,6?,7-/m1/s1. The summed E-state index contributed by atoms with van der Waals surface area (Å²) in [5, 5.41) is 1.96. The minimum Gasteiger partial charge on any atom is -0.360 e. The van der Waals surface area contributed by atoms with E-state index in [0.29, 0.717) is 0 Å². The predicted molar refractivity (Wildman–Crippen MR) is 62.9 cm³/mol. The maximum atomic E-state index is 13.4. The third-order valence-corrected chi connectivity index (χ3v) is 3.91.